The van der Waals surface area contributed by atoms with Crippen molar-refractivity contribution < 1.29 is 0 Å². The maximum absolute atomic E-state index is 5.77. The minimum absolute atomic E-state index is 0.657. The Morgan fingerprint density at radius 1 is 1.35 bits per heavy atom. The highest BCUT2D eigenvalue weighted by molar-refractivity contribution is 5.75. The Morgan fingerprint density at radius 2 is 2.20 bits per heavy atom. The van der Waals surface area contributed by atoms with E-state index < -0.39 is 0 Å². The van der Waals surface area contributed by atoms with Gasteiger partial charge in [-0.1, -0.05) is 19.1 Å². The van der Waals surface area contributed by atoms with Crippen molar-refractivity contribution in [2.75, 3.05) is 19.6 Å². The van der Waals surface area contributed by atoms with Crippen LogP contribution in [0.25, 0.3) is 11.0 Å². The Bertz CT molecular complexity index is 575. The lowest BCUT2D eigenvalue weighted by molar-refractivity contribution is 0.171. The molecule has 1 atom stereocenters. The van der Waals surface area contributed by atoms with E-state index in [4.69, 9.17) is 10.7 Å². The molecule has 20 heavy (non-hydrogen) atoms. The van der Waals surface area contributed by atoms with Crippen LogP contribution in [0.3, 0.4) is 0 Å². The number of rotatable bonds is 4. The number of fused-ring (bicyclic) bond motifs is 1. The molecule has 2 N–H and O–H groups in total. The topological polar surface area (TPSA) is 47.1 Å². The summed E-state index contributed by atoms with van der Waals surface area (Å²) in [7, 11) is 0. The van der Waals surface area contributed by atoms with Gasteiger partial charge in [0.1, 0.15) is 5.82 Å². The predicted octanol–water partition coefficient (Wildman–Crippen LogP) is 2.23. The van der Waals surface area contributed by atoms with Gasteiger partial charge in [0.15, 0.2) is 0 Å². The minimum Gasteiger partial charge on any atom is -0.329 e. The summed E-state index contributed by atoms with van der Waals surface area (Å²) in [6, 6.07) is 8.35. The Labute approximate surface area is 120 Å². The molecule has 0 radical (unpaired) electrons. The molecule has 1 aliphatic heterocycles. The van der Waals surface area contributed by atoms with Gasteiger partial charge in [-0.2, -0.15) is 0 Å². The van der Waals surface area contributed by atoms with E-state index in [0.717, 1.165) is 30.3 Å². The number of imidazole rings is 1. The van der Waals surface area contributed by atoms with Crippen LogP contribution in [-0.2, 0) is 13.1 Å². The van der Waals surface area contributed by atoms with Gasteiger partial charge in [0.2, 0.25) is 0 Å². The second kappa shape index (κ2) is 5.94. The highest BCUT2D eigenvalue weighted by Gasteiger charge is 2.19. The van der Waals surface area contributed by atoms with Crippen LogP contribution in [0, 0.1) is 5.92 Å². The number of likely N-dealkylation sites (tertiary alicyclic amines) is 1. The molecular formula is C16H24N4. The lowest BCUT2D eigenvalue weighted by Gasteiger charge is -2.30. The van der Waals surface area contributed by atoms with E-state index in [1.165, 1.54) is 31.4 Å². The quantitative estimate of drug-likeness (QED) is 0.928. The van der Waals surface area contributed by atoms with Gasteiger partial charge >= 0.3 is 0 Å². The Hall–Kier alpha value is -1.39. The van der Waals surface area contributed by atoms with Gasteiger partial charge in [-0.3, -0.25) is 4.90 Å². The first kappa shape index (κ1) is 13.6. The van der Waals surface area contributed by atoms with Gasteiger partial charge in [0, 0.05) is 19.6 Å². The summed E-state index contributed by atoms with van der Waals surface area (Å²) in [6.45, 7) is 7.17. The van der Waals surface area contributed by atoms with E-state index >= 15 is 0 Å². The lowest BCUT2D eigenvalue weighted by Crippen LogP contribution is -2.34. The first-order valence-corrected chi connectivity index (χ1v) is 7.64. The molecule has 1 saturated heterocycles. The number of hydrogen-bond acceptors (Lipinski definition) is 3. The summed E-state index contributed by atoms with van der Waals surface area (Å²) in [6.07, 6.45) is 2.66. The molecule has 1 unspecified atom stereocenters. The van der Waals surface area contributed by atoms with E-state index in [2.05, 4.69) is 40.7 Å². The van der Waals surface area contributed by atoms with Crippen molar-refractivity contribution in [1.29, 1.82) is 0 Å². The van der Waals surface area contributed by atoms with Gasteiger partial charge < -0.3 is 10.3 Å². The fraction of sp³-hybridized carbons (Fsp3) is 0.562. The largest absolute Gasteiger partial charge is 0.329 e. The third-order valence-corrected chi connectivity index (χ3v) is 4.19. The van der Waals surface area contributed by atoms with Crippen molar-refractivity contribution in [2.24, 2.45) is 11.7 Å². The zero-order valence-electron chi connectivity index (χ0n) is 12.3. The van der Waals surface area contributed by atoms with Crippen LogP contribution in [0.2, 0.25) is 0 Å². The number of hydrogen-bond donors (Lipinski definition) is 1. The van der Waals surface area contributed by atoms with Crippen LogP contribution in [0.15, 0.2) is 24.3 Å². The molecule has 108 valence electrons. The third kappa shape index (κ3) is 2.72. The summed E-state index contributed by atoms with van der Waals surface area (Å²) < 4.78 is 2.29. The van der Waals surface area contributed by atoms with Gasteiger partial charge in [-0.15, -0.1) is 0 Å². The summed E-state index contributed by atoms with van der Waals surface area (Å²) in [5, 5.41) is 0. The van der Waals surface area contributed by atoms with Gasteiger partial charge in [0.05, 0.1) is 17.6 Å². The van der Waals surface area contributed by atoms with E-state index in [0.29, 0.717) is 6.54 Å². The van der Waals surface area contributed by atoms with Crippen molar-refractivity contribution in [2.45, 2.75) is 32.9 Å². The van der Waals surface area contributed by atoms with E-state index in [1.807, 2.05) is 0 Å². The molecular weight excluding hydrogens is 248 g/mol. The van der Waals surface area contributed by atoms with Crippen molar-refractivity contribution in [3.8, 4) is 0 Å². The summed E-state index contributed by atoms with van der Waals surface area (Å²) in [5.74, 6) is 1.96. The Morgan fingerprint density at radius 3 is 3.00 bits per heavy atom. The molecule has 2 aromatic rings. The number of nitrogens with zero attached hydrogens (tertiary/aromatic N) is 3. The number of piperidine rings is 1. The second-order valence-corrected chi connectivity index (χ2v) is 5.94. The average Bonchev–Trinajstić information content (AvgIpc) is 2.77. The highest BCUT2D eigenvalue weighted by atomic mass is 15.2. The molecule has 0 bridgehead atoms. The molecule has 0 spiro atoms. The molecule has 1 fully saturated rings. The SMILES string of the molecule is CC1CCCN(Cc2nc3ccccc3n2CCN)C1. The lowest BCUT2D eigenvalue weighted by atomic mass is 10.0. The molecule has 2 heterocycles. The molecule has 3 rings (SSSR count). The van der Waals surface area contributed by atoms with E-state index in [9.17, 15) is 0 Å². The standard InChI is InChI=1S/C16H24N4/c1-13-5-4-9-19(11-13)12-16-18-14-6-2-3-7-15(14)20(16)10-8-17/h2-3,6-7,13H,4-5,8-12,17H2,1H3. The average molecular weight is 272 g/mol. The number of aromatic nitrogens is 2. The molecule has 1 aliphatic rings. The normalized spacial score (nSPS) is 20.6. The maximum atomic E-state index is 5.77. The fourth-order valence-corrected chi connectivity index (χ4v) is 3.26. The first-order valence-electron chi connectivity index (χ1n) is 7.64. The van der Waals surface area contributed by atoms with Crippen LogP contribution >= 0.6 is 0 Å². The zero-order valence-corrected chi connectivity index (χ0v) is 12.3. The van der Waals surface area contributed by atoms with Crippen LogP contribution < -0.4 is 5.73 Å². The number of para-hydroxylation sites is 2. The Kier molecular flexibility index (Phi) is 4.03. The summed E-state index contributed by atoms with van der Waals surface area (Å²) in [4.78, 5) is 7.35. The predicted molar refractivity (Wildman–Crippen MR) is 82.5 cm³/mol. The van der Waals surface area contributed by atoms with Crippen LogP contribution in [0.4, 0.5) is 0 Å². The molecule has 0 amide bonds. The first-order chi connectivity index (χ1) is 9.78. The molecule has 1 aromatic heterocycles. The third-order valence-electron chi connectivity index (χ3n) is 4.19. The molecule has 1 aromatic carbocycles. The zero-order chi connectivity index (χ0) is 13.9. The van der Waals surface area contributed by atoms with Crippen molar-refractivity contribution in [1.82, 2.24) is 14.5 Å². The van der Waals surface area contributed by atoms with Crippen LogP contribution in [0.5, 0.6) is 0 Å². The molecule has 0 aliphatic carbocycles. The van der Waals surface area contributed by atoms with Crippen LogP contribution in [-0.4, -0.2) is 34.1 Å². The molecule has 0 saturated carbocycles. The van der Waals surface area contributed by atoms with Crippen molar-refractivity contribution >= 4 is 11.0 Å². The van der Waals surface area contributed by atoms with Crippen LogP contribution in [0.1, 0.15) is 25.6 Å². The highest BCUT2D eigenvalue weighted by Crippen LogP contribution is 2.20. The number of benzene rings is 1. The summed E-state index contributed by atoms with van der Waals surface area (Å²) in [5.41, 5.74) is 8.06. The second-order valence-electron chi connectivity index (χ2n) is 5.94. The van der Waals surface area contributed by atoms with Gasteiger partial charge in [0.25, 0.3) is 0 Å². The maximum Gasteiger partial charge on any atom is 0.124 e. The van der Waals surface area contributed by atoms with Crippen molar-refractivity contribution in [3.63, 3.8) is 0 Å². The Balaban J connectivity index is 1.87. The van der Waals surface area contributed by atoms with Gasteiger partial charge in [-0.25, -0.2) is 4.98 Å². The van der Waals surface area contributed by atoms with Crippen molar-refractivity contribution in [3.05, 3.63) is 30.1 Å². The molecule has 4 heteroatoms. The minimum atomic E-state index is 0.657. The van der Waals surface area contributed by atoms with E-state index in [1.54, 1.807) is 0 Å². The monoisotopic (exact) mass is 272 g/mol. The number of nitrogens with two attached hydrogens (primary N) is 1. The van der Waals surface area contributed by atoms with E-state index in [-0.39, 0.29) is 0 Å². The summed E-state index contributed by atoms with van der Waals surface area (Å²) >= 11 is 0. The fourth-order valence-electron chi connectivity index (χ4n) is 3.26. The van der Waals surface area contributed by atoms with Gasteiger partial charge in [-0.05, 0) is 37.4 Å². The molecule has 4 nitrogen and oxygen atoms in total. The smallest absolute Gasteiger partial charge is 0.124 e.